The average Bonchev–Trinajstić information content (AvgIpc) is 3.18. The van der Waals surface area contributed by atoms with Crippen LogP contribution < -0.4 is 10.1 Å². The van der Waals surface area contributed by atoms with Crippen LogP contribution in [0.15, 0.2) is 42.5 Å². The number of ether oxygens (including phenoxy) is 1. The summed E-state index contributed by atoms with van der Waals surface area (Å²) in [4.78, 5) is 0. The van der Waals surface area contributed by atoms with Gasteiger partial charge in [0.2, 0.25) is 0 Å². The van der Waals surface area contributed by atoms with Gasteiger partial charge in [-0.15, -0.1) is 0 Å². The van der Waals surface area contributed by atoms with Crippen LogP contribution >= 0.6 is 23.2 Å². The van der Waals surface area contributed by atoms with E-state index in [2.05, 4.69) is 5.32 Å². The van der Waals surface area contributed by atoms with Crippen LogP contribution in [0.25, 0.3) is 16.9 Å². The van der Waals surface area contributed by atoms with E-state index in [0.29, 0.717) is 10.0 Å². The summed E-state index contributed by atoms with van der Waals surface area (Å²) in [6.07, 6.45) is 0.876. The van der Waals surface area contributed by atoms with Crippen molar-refractivity contribution in [3.05, 3.63) is 58.1 Å². The fourth-order valence-electron chi connectivity index (χ4n) is 3.08. The van der Waals surface area contributed by atoms with E-state index in [4.69, 9.17) is 33.0 Å². The van der Waals surface area contributed by atoms with Crippen molar-refractivity contribution in [2.24, 2.45) is 0 Å². The number of aromatic nitrogens is 2. The van der Waals surface area contributed by atoms with Gasteiger partial charge >= 0.3 is 0 Å². The number of benzene rings is 2. The first-order valence-electron chi connectivity index (χ1n) is 7.64. The molecule has 6 heteroatoms. The molecule has 0 bridgehead atoms. The second-order valence-electron chi connectivity index (χ2n) is 5.53. The minimum Gasteiger partial charge on any atom is -0.494 e. The van der Waals surface area contributed by atoms with Gasteiger partial charge in [-0.2, -0.15) is 5.10 Å². The molecule has 24 heavy (non-hydrogen) atoms. The number of fused-ring (bicyclic) bond motifs is 1. The number of nitrogens with one attached hydrogen (secondary N) is 1. The summed E-state index contributed by atoms with van der Waals surface area (Å²) >= 11 is 12.8. The van der Waals surface area contributed by atoms with Crippen LogP contribution in [-0.4, -0.2) is 23.4 Å². The van der Waals surface area contributed by atoms with Crippen molar-refractivity contribution in [3.63, 3.8) is 0 Å². The fourth-order valence-corrected chi connectivity index (χ4v) is 3.66. The minimum atomic E-state index is 0.599. The SMILES string of the molecule is COc1ccccc1-n1nc(-c2c(Cl)cccc2Cl)c2c1NCC2. The molecule has 2 heterocycles. The van der Waals surface area contributed by atoms with Crippen molar-refractivity contribution >= 4 is 29.0 Å². The third kappa shape index (κ3) is 2.34. The number of anilines is 1. The Labute approximate surface area is 150 Å². The van der Waals surface area contributed by atoms with E-state index >= 15 is 0 Å². The van der Waals surface area contributed by atoms with Gasteiger partial charge in [-0.05, 0) is 30.7 Å². The highest BCUT2D eigenvalue weighted by Crippen LogP contribution is 2.41. The summed E-state index contributed by atoms with van der Waals surface area (Å²) in [7, 11) is 1.65. The first-order valence-corrected chi connectivity index (χ1v) is 8.40. The molecule has 1 aliphatic rings. The number of rotatable bonds is 3. The predicted molar refractivity (Wildman–Crippen MR) is 97.8 cm³/mol. The Bertz CT molecular complexity index is 900. The maximum absolute atomic E-state index is 6.40. The third-order valence-corrected chi connectivity index (χ3v) is 4.79. The van der Waals surface area contributed by atoms with Crippen LogP contribution in [0.3, 0.4) is 0 Å². The van der Waals surface area contributed by atoms with Gasteiger partial charge in [0.15, 0.2) is 0 Å². The molecule has 0 spiro atoms. The lowest BCUT2D eigenvalue weighted by atomic mass is 10.1. The Balaban J connectivity index is 1.97. The van der Waals surface area contributed by atoms with Gasteiger partial charge < -0.3 is 10.1 Å². The van der Waals surface area contributed by atoms with Crippen LogP contribution in [0.1, 0.15) is 5.56 Å². The smallest absolute Gasteiger partial charge is 0.144 e. The summed E-state index contributed by atoms with van der Waals surface area (Å²) in [5.41, 5.74) is 3.59. The fraction of sp³-hybridized carbons (Fsp3) is 0.167. The molecule has 0 radical (unpaired) electrons. The Morgan fingerprint density at radius 3 is 2.58 bits per heavy atom. The monoisotopic (exact) mass is 359 g/mol. The molecule has 3 aromatic rings. The summed E-state index contributed by atoms with van der Waals surface area (Å²) < 4.78 is 7.35. The van der Waals surface area contributed by atoms with Gasteiger partial charge in [-0.1, -0.05) is 41.4 Å². The highest BCUT2D eigenvalue weighted by molar-refractivity contribution is 6.39. The van der Waals surface area contributed by atoms with Gasteiger partial charge in [0.05, 0.1) is 17.2 Å². The molecule has 122 valence electrons. The van der Waals surface area contributed by atoms with E-state index < -0.39 is 0 Å². The Morgan fingerprint density at radius 2 is 1.83 bits per heavy atom. The second kappa shape index (κ2) is 6.04. The van der Waals surface area contributed by atoms with Crippen molar-refractivity contribution in [2.45, 2.75) is 6.42 Å². The summed E-state index contributed by atoms with van der Waals surface area (Å²) in [5, 5.41) is 9.41. The normalized spacial score (nSPS) is 12.8. The molecule has 4 rings (SSSR count). The van der Waals surface area contributed by atoms with Crippen molar-refractivity contribution in [2.75, 3.05) is 19.0 Å². The van der Waals surface area contributed by atoms with Crippen molar-refractivity contribution in [1.82, 2.24) is 9.78 Å². The lowest BCUT2D eigenvalue weighted by Gasteiger charge is -2.11. The van der Waals surface area contributed by atoms with E-state index in [0.717, 1.165) is 47.0 Å². The molecule has 0 fully saturated rings. The molecule has 0 saturated heterocycles. The molecule has 0 saturated carbocycles. The Hall–Kier alpha value is -2.17. The number of methoxy groups -OCH3 is 1. The highest BCUT2D eigenvalue weighted by atomic mass is 35.5. The van der Waals surface area contributed by atoms with Crippen LogP contribution in [-0.2, 0) is 6.42 Å². The first-order chi connectivity index (χ1) is 11.7. The quantitative estimate of drug-likeness (QED) is 0.728. The number of nitrogens with zero attached hydrogens (tertiary/aromatic N) is 2. The molecule has 1 N–H and O–H groups in total. The standard InChI is InChI=1S/C18H15Cl2N3O/c1-24-15-8-3-2-7-14(15)23-18-11(9-10-21-18)17(22-23)16-12(19)5-4-6-13(16)20/h2-8,21H,9-10H2,1H3. The van der Waals surface area contributed by atoms with Crippen molar-refractivity contribution in [1.29, 1.82) is 0 Å². The molecular formula is C18H15Cl2N3O. The zero-order chi connectivity index (χ0) is 16.7. The van der Waals surface area contributed by atoms with Gasteiger partial charge in [-0.3, -0.25) is 0 Å². The maximum Gasteiger partial charge on any atom is 0.144 e. The zero-order valence-corrected chi connectivity index (χ0v) is 14.5. The van der Waals surface area contributed by atoms with Crippen LogP contribution in [0.4, 0.5) is 5.82 Å². The van der Waals surface area contributed by atoms with Crippen molar-refractivity contribution < 1.29 is 4.74 Å². The molecule has 0 atom stereocenters. The van der Waals surface area contributed by atoms with Gasteiger partial charge in [-0.25, -0.2) is 4.68 Å². The Morgan fingerprint density at radius 1 is 1.08 bits per heavy atom. The van der Waals surface area contributed by atoms with Crippen LogP contribution in [0.2, 0.25) is 10.0 Å². The van der Waals surface area contributed by atoms with Crippen LogP contribution in [0, 0.1) is 0 Å². The summed E-state index contributed by atoms with van der Waals surface area (Å²) in [6.45, 7) is 0.859. The van der Waals surface area contributed by atoms with Crippen molar-refractivity contribution in [3.8, 4) is 22.7 Å². The van der Waals surface area contributed by atoms with E-state index in [-0.39, 0.29) is 0 Å². The molecule has 0 aliphatic carbocycles. The van der Waals surface area contributed by atoms with Gasteiger partial charge in [0.25, 0.3) is 0 Å². The molecule has 2 aromatic carbocycles. The Kier molecular flexibility index (Phi) is 3.87. The minimum absolute atomic E-state index is 0.599. The number of para-hydroxylation sites is 2. The molecular weight excluding hydrogens is 345 g/mol. The molecule has 1 aliphatic heterocycles. The van der Waals surface area contributed by atoms with Crippen LogP contribution in [0.5, 0.6) is 5.75 Å². The highest BCUT2D eigenvalue weighted by Gasteiger charge is 2.27. The number of hydrogen-bond acceptors (Lipinski definition) is 3. The van der Waals surface area contributed by atoms with Gasteiger partial charge in [0.1, 0.15) is 22.9 Å². The molecule has 0 unspecified atom stereocenters. The topological polar surface area (TPSA) is 39.1 Å². The lowest BCUT2D eigenvalue weighted by Crippen LogP contribution is -2.05. The predicted octanol–water partition coefficient (Wildman–Crippen LogP) is 4.82. The number of hydrogen-bond donors (Lipinski definition) is 1. The third-order valence-electron chi connectivity index (χ3n) is 4.16. The zero-order valence-electron chi connectivity index (χ0n) is 13.0. The van der Waals surface area contributed by atoms with E-state index in [1.54, 1.807) is 7.11 Å². The van der Waals surface area contributed by atoms with E-state index in [1.807, 2.05) is 47.1 Å². The largest absolute Gasteiger partial charge is 0.494 e. The molecule has 4 nitrogen and oxygen atoms in total. The van der Waals surface area contributed by atoms with Gasteiger partial charge in [0, 0.05) is 17.7 Å². The van der Waals surface area contributed by atoms with E-state index in [9.17, 15) is 0 Å². The molecule has 1 aromatic heterocycles. The number of halogens is 2. The lowest BCUT2D eigenvalue weighted by molar-refractivity contribution is 0.412. The maximum atomic E-state index is 6.40. The first kappa shape index (κ1) is 15.4. The second-order valence-corrected chi connectivity index (χ2v) is 6.35. The average molecular weight is 360 g/mol. The van der Waals surface area contributed by atoms with E-state index in [1.165, 1.54) is 0 Å². The summed E-state index contributed by atoms with van der Waals surface area (Å²) in [6, 6.07) is 13.3. The summed E-state index contributed by atoms with van der Waals surface area (Å²) in [5.74, 6) is 1.72. The molecule has 0 amide bonds.